The summed E-state index contributed by atoms with van der Waals surface area (Å²) in [5.74, 6) is 0.0516. The number of piperidine rings is 1. The molecule has 3 aromatic rings. The van der Waals surface area contributed by atoms with Crippen molar-refractivity contribution < 1.29 is 19.4 Å². The summed E-state index contributed by atoms with van der Waals surface area (Å²) < 4.78 is 6.02. The summed E-state index contributed by atoms with van der Waals surface area (Å²) in [6.07, 6.45) is 7.62. The zero-order valence-corrected chi connectivity index (χ0v) is 28.8. The zero-order chi connectivity index (χ0) is 33.8. The molecule has 1 heterocycles. The van der Waals surface area contributed by atoms with E-state index in [1.54, 1.807) is 12.1 Å². The van der Waals surface area contributed by atoms with Gasteiger partial charge in [-0.1, -0.05) is 94.6 Å². The second-order valence-electron chi connectivity index (χ2n) is 13.2. The predicted molar refractivity (Wildman–Crippen MR) is 192 cm³/mol. The Hall–Kier alpha value is -4.10. The fraction of sp³-hybridized carbons (Fsp3) is 0.450. The Morgan fingerprint density at radius 3 is 2.30 bits per heavy atom. The first-order valence-corrected chi connectivity index (χ1v) is 17.2. The molecule has 1 saturated heterocycles. The SMILES string of the molecule is C=C(c1ccc(C(=O)O)cc1N(CC(=O)N1CCC(N(C)C)CC1)Cc1ccc(OCc2ccccc2)cc1)C(C)CCCCCC. The number of unbranched alkanes of at least 4 members (excludes halogenated alkanes) is 3. The van der Waals surface area contributed by atoms with Crippen LogP contribution < -0.4 is 9.64 Å². The van der Waals surface area contributed by atoms with Crippen molar-refractivity contribution in [3.05, 3.63) is 102 Å². The minimum atomic E-state index is -0.993. The van der Waals surface area contributed by atoms with Crippen molar-refractivity contribution in [2.45, 2.75) is 78.0 Å². The Balaban J connectivity index is 1.60. The Kier molecular flexibility index (Phi) is 13.5. The van der Waals surface area contributed by atoms with Gasteiger partial charge in [0.15, 0.2) is 0 Å². The number of ether oxygens (including phenoxy) is 1. The highest BCUT2D eigenvalue weighted by Crippen LogP contribution is 2.35. The maximum Gasteiger partial charge on any atom is 0.335 e. The number of rotatable bonds is 17. The summed E-state index contributed by atoms with van der Waals surface area (Å²) in [5, 5.41) is 9.97. The molecule has 1 atom stereocenters. The number of amides is 1. The van der Waals surface area contributed by atoms with Gasteiger partial charge in [0.2, 0.25) is 5.91 Å². The lowest BCUT2D eigenvalue weighted by molar-refractivity contribution is -0.131. The highest BCUT2D eigenvalue weighted by atomic mass is 16.5. The van der Waals surface area contributed by atoms with Crippen LogP contribution in [0.2, 0.25) is 0 Å². The quantitative estimate of drug-likeness (QED) is 0.150. The summed E-state index contributed by atoms with van der Waals surface area (Å²) in [4.78, 5) is 32.3. The van der Waals surface area contributed by atoms with Crippen molar-refractivity contribution in [1.29, 1.82) is 0 Å². The summed E-state index contributed by atoms with van der Waals surface area (Å²) in [7, 11) is 4.19. The van der Waals surface area contributed by atoms with Gasteiger partial charge in [-0.25, -0.2) is 4.79 Å². The smallest absolute Gasteiger partial charge is 0.335 e. The van der Waals surface area contributed by atoms with Gasteiger partial charge < -0.3 is 24.5 Å². The monoisotopic (exact) mass is 639 g/mol. The van der Waals surface area contributed by atoms with Crippen LogP contribution >= 0.6 is 0 Å². The third kappa shape index (κ3) is 10.4. The summed E-state index contributed by atoms with van der Waals surface area (Å²) in [6.45, 7) is 11.4. The van der Waals surface area contributed by atoms with Gasteiger partial charge in [0.05, 0.1) is 12.1 Å². The molecule has 0 saturated carbocycles. The van der Waals surface area contributed by atoms with Crippen molar-refractivity contribution in [3.8, 4) is 5.75 Å². The second kappa shape index (κ2) is 17.7. The van der Waals surface area contributed by atoms with Crippen LogP contribution in [0, 0.1) is 5.92 Å². The number of allylic oxidation sites excluding steroid dienone is 1. The number of carboxylic acids is 1. The molecule has 1 N–H and O–H groups in total. The molecule has 1 amide bonds. The van der Waals surface area contributed by atoms with Gasteiger partial charge in [-0.05, 0) is 80.2 Å². The number of nitrogens with zero attached hydrogens (tertiary/aromatic N) is 3. The molecule has 3 aromatic carbocycles. The Labute approximate surface area is 281 Å². The van der Waals surface area contributed by atoms with Crippen molar-refractivity contribution >= 4 is 23.1 Å². The van der Waals surface area contributed by atoms with Gasteiger partial charge in [0, 0.05) is 36.9 Å². The molecular formula is C40H53N3O4. The molecular weight excluding hydrogens is 586 g/mol. The molecule has 1 fully saturated rings. The minimum Gasteiger partial charge on any atom is -0.489 e. The van der Waals surface area contributed by atoms with E-state index in [-0.39, 0.29) is 23.9 Å². The highest BCUT2D eigenvalue weighted by molar-refractivity contribution is 5.92. The Morgan fingerprint density at radius 1 is 0.957 bits per heavy atom. The van der Waals surface area contributed by atoms with Crippen molar-refractivity contribution in [1.82, 2.24) is 9.80 Å². The van der Waals surface area contributed by atoms with Crippen molar-refractivity contribution in [3.63, 3.8) is 0 Å². The third-order valence-corrected chi connectivity index (χ3v) is 9.44. The number of carbonyl (C=O) groups excluding carboxylic acids is 1. The molecule has 1 aliphatic rings. The van der Waals surface area contributed by atoms with E-state index >= 15 is 0 Å². The van der Waals surface area contributed by atoms with Crippen LogP contribution in [0.15, 0.2) is 79.4 Å². The minimum absolute atomic E-state index is 0.0509. The number of hydrogen-bond donors (Lipinski definition) is 1. The number of aromatic carboxylic acids is 1. The lowest BCUT2D eigenvalue weighted by atomic mass is 9.89. The summed E-state index contributed by atoms with van der Waals surface area (Å²) in [5.41, 5.74) is 4.90. The molecule has 0 aromatic heterocycles. The molecule has 47 heavy (non-hydrogen) atoms. The van der Waals surface area contributed by atoms with Crippen LogP contribution in [0.25, 0.3) is 5.57 Å². The van der Waals surface area contributed by atoms with E-state index in [9.17, 15) is 14.7 Å². The van der Waals surface area contributed by atoms with Gasteiger partial charge in [-0.15, -0.1) is 0 Å². The zero-order valence-electron chi connectivity index (χ0n) is 28.8. The standard InChI is InChI=1S/C40H53N3O4/c1-6-7-8-10-13-30(2)31(3)37-21-18-34(40(45)46)26-38(37)43(28-39(44)42-24-22-35(23-25-42)41(4)5)27-32-16-19-36(20-17-32)47-29-33-14-11-9-12-15-33/h9,11-12,14-21,26,30,35H,3,6-8,10,13,22-25,27-29H2,1-2,4-5H3,(H,45,46). The van der Waals surface area contributed by atoms with E-state index < -0.39 is 5.97 Å². The number of carboxylic acid groups (broad SMARTS) is 1. The first-order valence-electron chi connectivity index (χ1n) is 17.2. The first kappa shape index (κ1) is 35.7. The maximum absolute atomic E-state index is 13.9. The average Bonchev–Trinajstić information content (AvgIpc) is 3.09. The van der Waals surface area contributed by atoms with Crippen molar-refractivity contribution in [2.24, 2.45) is 5.92 Å². The van der Waals surface area contributed by atoms with E-state index in [2.05, 4.69) is 39.4 Å². The predicted octanol–water partition coefficient (Wildman–Crippen LogP) is 8.14. The van der Waals surface area contributed by atoms with Gasteiger partial charge in [0.25, 0.3) is 0 Å². The van der Waals surface area contributed by atoms with E-state index in [0.29, 0.717) is 32.3 Å². The number of likely N-dealkylation sites (tertiary alicyclic amines) is 1. The first-order chi connectivity index (χ1) is 22.7. The van der Waals surface area contributed by atoms with E-state index in [4.69, 9.17) is 4.74 Å². The largest absolute Gasteiger partial charge is 0.489 e. The van der Waals surface area contributed by atoms with Gasteiger partial charge in [-0.3, -0.25) is 4.79 Å². The second-order valence-corrected chi connectivity index (χ2v) is 13.2. The van der Waals surface area contributed by atoms with Crippen LogP contribution in [0.1, 0.15) is 85.8 Å². The highest BCUT2D eigenvalue weighted by Gasteiger charge is 2.27. The fourth-order valence-corrected chi connectivity index (χ4v) is 6.29. The molecule has 7 nitrogen and oxygen atoms in total. The summed E-state index contributed by atoms with van der Waals surface area (Å²) >= 11 is 0. The molecule has 0 spiro atoms. The van der Waals surface area contributed by atoms with E-state index in [1.165, 1.54) is 19.3 Å². The molecule has 1 aliphatic heterocycles. The average molecular weight is 640 g/mol. The number of benzene rings is 3. The Bertz CT molecular complexity index is 1450. The van der Waals surface area contributed by atoms with Crippen LogP contribution in [0.3, 0.4) is 0 Å². The van der Waals surface area contributed by atoms with E-state index in [0.717, 1.165) is 59.4 Å². The molecule has 0 radical (unpaired) electrons. The van der Waals surface area contributed by atoms with Crippen LogP contribution in [0.4, 0.5) is 5.69 Å². The lowest BCUT2D eigenvalue weighted by Gasteiger charge is -2.37. The van der Waals surface area contributed by atoms with Crippen LogP contribution in [-0.4, -0.2) is 66.6 Å². The molecule has 0 aliphatic carbocycles. The van der Waals surface area contributed by atoms with Crippen LogP contribution in [0.5, 0.6) is 5.75 Å². The number of anilines is 1. The normalized spacial score (nSPS) is 14.2. The van der Waals surface area contributed by atoms with Crippen molar-refractivity contribution in [2.75, 3.05) is 38.6 Å². The third-order valence-electron chi connectivity index (χ3n) is 9.44. The molecule has 7 heteroatoms. The van der Waals surface area contributed by atoms with E-state index in [1.807, 2.05) is 70.5 Å². The lowest BCUT2D eigenvalue weighted by Crippen LogP contribution is -2.47. The maximum atomic E-state index is 13.9. The summed E-state index contributed by atoms with van der Waals surface area (Å²) in [6, 6.07) is 23.7. The molecule has 252 valence electrons. The number of carbonyl (C=O) groups is 2. The molecule has 0 bridgehead atoms. The Morgan fingerprint density at radius 2 is 1.66 bits per heavy atom. The van der Waals surface area contributed by atoms with Crippen LogP contribution in [-0.2, 0) is 17.9 Å². The van der Waals surface area contributed by atoms with Gasteiger partial charge in [-0.2, -0.15) is 0 Å². The van der Waals surface area contributed by atoms with Gasteiger partial charge in [0.1, 0.15) is 12.4 Å². The van der Waals surface area contributed by atoms with Gasteiger partial charge >= 0.3 is 5.97 Å². The molecule has 4 rings (SSSR count). The topological polar surface area (TPSA) is 73.3 Å². The fourth-order valence-electron chi connectivity index (χ4n) is 6.29. The molecule has 1 unspecified atom stereocenters. The number of hydrogen-bond acceptors (Lipinski definition) is 5.